The monoisotopic (exact) mass is 168 g/mol. The van der Waals surface area contributed by atoms with E-state index in [9.17, 15) is 0 Å². The molecule has 0 unspecified atom stereocenters. The highest BCUT2D eigenvalue weighted by Crippen LogP contribution is 2.36. The maximum atomic E-state index is 5.67. The molecule has 0 atom stereocenters. The molecular formula is C8H16N4. The van der Waals surface area contributed by atoms with Crippen LogP contribution < -0.4 is 11.5 Å². The predicted octanol–water partition coefficient (Wildman–Crippen LogP) is 1.34. The van der Waals surface area contributed by atoms with E-state index in [0.29, 0.717) is 0 Å². The Labute approximate surface area is 72.7 Å². The van der Waals surface area contributed by atoms with Crippen molar-refractivity contribution in [2.75, 3.05) is 0 Å². The molecule has 4 N–H and O–H groups in total. The first-order valence-electron chi connectivity index (χ1n) is 3.97. The molecule has 0 fully saturated rings. The van der Waals surface area contributed by atoms with E-state index in [1.807, 2.05) is 6.92 Å². The largest absolute Gasteiger partial charge is 0.290 e. The highest BCUT2D eigenvalue weighted by molar-refractivity contribution is 5.28. The van der Waals surface area contributed by atoms with Gasteiger partial charge in [-0.1, -0.05) is 20.8 Å². The molecule has 1 rings (SSSR count). The molecule has 12 heavy (non-hydrogen) atoms. The Kier molecular flexibility index (Phi) is 1.85. The van der Waals surface area contributed by atoms with Gasteiger partial charge < -0.3 is 0 Å². The van der Waals surface area contributed by atoms with Crippen LogP contribution in [0.15, 0.2) is 21.5 Å². The van der Waals surface area contributed by atoms with E-state index in [2.05, 4.69) is 31.0 Å². The molecule has 0 bridgehead atoms. The molecule has 1 aliphatic rings. The molecule has 0 amide bonds. The van der Waals surface area contributed by atoms with Crippen LogP contribution in [0.1, 0.15) is 27.7 Å². The Bertz CT molecular complexity index is 255. The van der Waals surface area contributed by atoms with Gasteiger partial charge in [-0.3, -0.25) is 11.5 Å². The fourth-order valence-corrected chi connectivity index (χ4v) is 1.18. The average Bonchev–Trinajstić information content (AvgIpc) is 2.06. The summed E-state index contributed by atoms with van der Waals surface area (Å²) in [4.78, 5) is 0. The highest BCUT2D eigenvalue weighted by Gasteiger charge is 2.34. The molecule has 0 aromatic heterocycles. The second kappa shape index (κ2) is 2.37. The van der Waals surface area contributed by atoms with Crippen molar-refractivity contribution in [1.82, 2.24) is 0 Å². The van der Waals surface area contributed by atoms with Crippen molar-refractivity contribution in [3.8, 4) is 0 Å². The zero-order valence-corrected chi connectivity index (χ0v) is 8.05. The van der Waals surface area contributed by atoms with Crippen LogP contribution in [0.2, 0.25) is 0 Å². The number of hydrogen-bond acceptors (Lipinski definition) is 4. The molecule has 0 radical (unpaired) electrons. The minimum absolute atomic E-state index is 0.0337. The maximum absolute atomic E-state index is 5.67. The molecule has 0 aromatic rings. The number of nitrogens with zero attached hydrogens (tertiary/aromatic N) is 2. The number of rotatable bonds is 0. The fraction of sp³-hybridized carbons (Fsp3) is 0.750. The van der Waals surface area contributed by atoms with Gasteiger partial charge in [0.25, 0.3) is 0 Å². The third-order valence-corrected chi connectivity index (χ3v) is 1.98. The van der Waals surface area contributed by atoms with Crippen molar-refractivity contribution in [2.45, 2.75) is 33.5 Å². The Hall–Kier alpha value is -0.740. The molecule has 0 aliphatic carbocycles. The van der Waals surface area contributed by atoms with Crippen LogP contribution in [0.25, 0.3) is 0 Å². The normalized spacial score (nSPS) is 22.2. The van der Waals surface area contributed by atoms with Gasteiger partial charge in [-0.25, -0.2) is 0 Å². The molecule has 1 heterocycles. The van der Waals surface area contributed by atoms with Gasteiger partial charge in [-0.2, -0.15) is 5.11 Å². The van der Waals surface area contributed by atoms with Crippen LogP contribution in [0.4, 0.5) is 0 Å². The quantitative estimate of drug-likeness (QED) is 0.535. The number of nitrogens with two attached hydrogens (primary N) is 2. The van der Waals surface area contributed by atoms with Gasteiger partial charge in [0.2, 0.25) is 5.79 Å². The fourth-order valence-electron chi connectivity index (χ4n) is 1.18. The van der Waals surface area contributed by atoms with Crippen LogP contribution >= 0.6 is 0 Å². The van der Waals surface area contributed by atoms with Crippen molar-refractivity contribution in [1.29, 1.82) is 0 Å². The Morgan fingerprint density at radius 1 is 1.25 bits per heavy atom. The summed E-state index contributed by atoms with van der Waals surface area (Å²) >= 11 is 0. The van der Waals surface area contributed by atoms with Crippen LogP contribution in [0.3, 0.4) is 0 Å². The molecule has 68 valence electrons. The highest BCUT2D eigenvalue weighted by atomic mass is 15.3. The lowest BCUT2D eigenvalue weighted by atomic mass is 9.88. The van der Waals surface area contributed by atoms with E-state index in [0.717, 1.165) is 11.3 Å². The first-order valence-corrected chi connectivity index (χ1v) is 3.97. The third-order valence-electron chi connectivity index (χ3n) is 1.98. The summed E-state index contributed by atoms with van der Waals surface area (Å²) in [6.45, 7) is 8.06. The van der Waals surface area contributed by atoms with E-state index in [1.165, 1.54) is 0 Å². The Morgan fingerprint density at radius 3 is 1.92 bits per heavy atom. The second-order valence-electron chi connectivity index (χ2n) is 4.25. The van der Waals surface area contributed by atoms with Crippen molar-refractivity contribution in [3.63, 3.8) is 0 Å². The van der Waals surface area contributed by atoms with Gasteiger partial charge in [-0.05, 0) is 6.92 Å². The summed E-state index contributed by atoms with van der Waals surface area (Å²) < 4.78 is 0. The lowest BCUT2D eigenvalue weighted by Gasteiger charge is -2.20. The van der Waals surface area contributed by atoms with E-state index < -0.39 is 5.79 Å². The maximum Gasteiger partial charge on any atom is 0.204 e. The van der Waals surface area contributed by atoms with E-state index in [1.54, 1.807) is 0 Å². The van der Waals surface area contributed by atoms with Crippen molar-refractivity contribution < 1.29 is 0 Å². The van der Waals surface area contributed by atoms with Gasteiger partial charge in [-0.15, -0.1) is 5.11 Å². The molecule has 0 saturated carbocycles. The van der Waals surface area contributed by atoms with E-state index in [4.69, 9.17) is 11.5 Å². The van der Waals surface area contributed by atoms with Gasteiger partial charge in [0.1, 0.15) is 0 Å². The van der Waals surface area contributed by atoms with Gasteiger partial charge >= 0.3 is 0 Å². The predicted molar refractivity (Wildman–Crippen MR) is 48.1 cm³/mol. The summed E-state index contributed by atoms with van der Waals surface area (Å²) in [7, 11) is 0. The Morgan fingerprint density at radius 2 is 1.75 bits per heavy atom. The third kappa shape index (κ3) is 1.40. The number of azo groups is 1. The van der Waals surface area contributed by atoms with Crippen LogP contribution in [0, 0.1) is 5.41 Å². The zero-order chi connectivity index (χ0) is 9.57. The molecule has 1 aliphatic heterocycles. The molecule has 0 aromatic carbocycles. The minimum atomic E-state index is -1.08. The molecular weight excluding hydrogens is 152 g/mol. The van der Waals surface area contributed by atoms with Crippen LogP contribution in [-0.4, -0.2) is 5.79 Å². The molecule has 0 spiro atoms. The lowest BCUT2D eigenvalue weighted by molar-refractivity contribution is 0.490. The number of hydrogen-bond donors (Lipinski definition) is 2. The molecule has 4 nitrogen and oxygen atoms in total. The Balaban J connectivity index is 3.11. The topological polar surface area (TPSA) is 76.8 Å². The van der Waals surface area contributed by atoms with E-state index in [-0.39, 0.29) is 5.41 Å². The van der Waals surface area contributed by atoms with Crippen LogP contribution in [0.5, 0.6) is 0 Å². The zero-order valence-electron chi connectivity index (χ0n) is 8.05. The second-order valence-corrected chi connectivity index (χ2v) is 4.25. The summed E-state index contributed by atoms with van der Waals surface area (Å²) in [6, 6.07) is 0. The smallest absolute Gasteiger partial charge is 0.204 e. The van der Waals surface area contributed by atoms with Crippen molar-refractivity contribution in [3.05, 3.63) is 11.3 Å². The summed E-state index contributed by atoms with van der Waals surface area (Å²) in [6.07, 6.45) is 0. The van der Waals surface area contributed by atoms with Crippen molar-refractivity contribution in [2.24, 2.45) is 27.1 Å². The lowest BCUT2D eigenvalue weighted by Crippen LogP contribution is -2.47. The minimum Gasteiger partial charge on any atom is -0.290 e. The van der Waals surface area contributed by atoms with Gasteiger partial charge in [0.05, 0.1) is 5.70 Å². The SMILES string of the molecule is CC1=C(C(C)(C)C)N=NC1(N)N. The van der Waals surface area contributed by atoms with Crippen molar-refractivity contribution >= 4 is 0 Å². The number of allylic oxidation sites excluding steroid dienone is 1. The van der Waals surface area contributed by atoms with E-state index >= 15 is 0 Å². The van der Waals surface area contributed by atoms with Gasteiger partial charge in [0.15, 0.2) is 0 Å². The molecule has 4 heteroatoms. The average molecular weight is 168 g/mol. The summed E-state index contributed by atoms with van der Waals surface area (Å²) in [5.41, 5.74) is 13.1. The molecule has 0 saturated heterocycles. The first kappa shape index (κ1) is 9.35. The van der Waals surface area contributed by atoms with Gasteiger partial charge in [0, 0.05) is 11.0 Å². The summed E-state index contributed by atoms with van der Waals surface area (Å²) in [5, 5.41) is 7.80. The standard InChI is InChI=1S/C8H16N4/c1-5-6(7(2,3)4)11-12-8(5,9)10/h9-10H2,1-4H3. The first-order chi connectivity index (χ1) is 5.25. The van der Waals surface area contributed by atoms with Crippen LogP contribution in [-0.2, 0) is 0 Å². The summed E-state index contributed by atoms with van der Waals surface area (Å²) in [5.74, 6) is -1.08.